The molecule has 0 bridgehead atoms. The summed E-state index contributed by atoms with van der Waals surface area (Å²) < 4.78 is 12.1. The van der Waals surface area contributed by atoms with Gasteiger partial charge in [-0.15, -0.1) is 0 Å². The molecule has 0 aromatic carbocycles. The fourth-order valence-electron chi connectivity index (χ4n) is 6.79. The topological polar surface area (TPSA) is 52.6 Å². The van der Waals surface area contributed by atoms with Crippen molar-refractivity contribution in [2.24, 2.45) is 0 Å². The standard InChI is InChI=1S/C44H84NO4/c1-7-9-11-13-15-17-19-21-23-25-27-29-31-33-35-37-43(46)48-41(3)39-45(5,6)40-42(4)49-44(47)38-36-34-32-30-28-26-24-22-20-18-16-14-12-10-8-2/h21-24,41-42H,7-20,25-40H2,1-6H3/q+1. The second kappa shape index (κ2) is 34.8. The highest BCUT2D eigenvalue weighted by Gasteiger charge is 2.26. The van der Waals surface area contributed by atoms with E-state index in [4.69, 9.17) is 9.47 Å². The van der Waals surface area contributed by atoms with Gasteiger partial charge >= 0.3 is 11.9 Å². The molecule has 288 valence electrons. The van der Waals surface area contributed by atoms with E-state index >= 15 is 0 Å². The zero-order chi connectivity index (χ0) is 36.3. The maximum atomic E-state index is 12.4. The lowest BCUT2D eigenvalue weighted by Crippen LogP contribution is -2.50. The minimum absolute atomic E-state index is 0.0930. The fourth-order valence-corrected chi connectivity index (χ4v) is 6.79. The molecule has 0 rings (SSSR count). The summed E-state index contributed by atoms with van der Waals surface area (Å²) >= 11 is 0. The second-order valence-corrected chi connectivity index (χ2v) is 15.6. The second-order valence-electron chi connectivity index (χ2n) is 15.6. The van der Waals surface area contributed by atoms with Crippen molar-refractivity contribution < 1.29 is 23.5 Å². The molecule has 0 saturated heterocycles. The van der Waals surface area contributed by atoms with Crippen LogP contribution in [0.1, 0.15) is 207 Å². The van der Waals surface area contributed by atoms with E-state index in [1.54, 1.807) is 0 Å². The Morgan fingerprint density at radius 3 is 1.02 bits per heavy atom. The Balaban J connectivity index is 3.79. The van der Waals surface area contributed by atoms with Gasteiger partial charge in [0.05, 0.1) is 14.1 Å². The molecule has 0 saturated carbocycles. The van der Waals surface area contributed by atoms with E-state index in [0.717, 1.165) is 25.7 Å². The van der Waals surface area contributed by atoms with Gasteiger partial charge in [0.2, 0.25) is 0 Å². The summed E-state index contributed by atoms with van der Waals surface area (Å²) in [6.07, 6.45) is 42.6. The Hall–Kier alpha value is -1.62. The van der Waals surface area contributed by atoms with Gasteiger partial charge in [-0.2, -0.15) is 0 Å². The average Bonchev–Trinajstić information content (AvgIpc) is 3.04. The van der Waals surface area contributed by atoms with Crippen LogP contribution in [0.4, 0.5) is 0 Å². The van der Waals surface area contributed by atoms with Crippen molar-refractivity contribution in [3.63, 3.8) is 0 Å². The zero-order valence-corrected chi connectivity index (χ0v) is 33.8. The normalized spacial score (nSPS) is 13.3. The number of likely N-dealkylation sites (N-methyl/N-ethyl adjacent to an activating group) is 1. The molecule has 0 heterocycles. The summed E-state index contributed by atoms with van der Waals surface area (Å²) in [5.74, 6) is -0.186. The van der Waals surface area contributed by atoms with Crippen molar-refractivity contribution in [3.05, 3.63) is 24.3 Å². The number of carbonyl (C=O) groups is 2. The number of hydrogen-bond acceptors (Lipinski definition) is 4. The van der Waals surface area contributed by atoms with Crippen LogP contribution in [0.15, 0.2) is 24.3 Å². The van der Waals surface area contributed by atoms with Crippen LogP contribution in [0.3, 0.4) is 0 Å². The quantitative estimate of drug-likeness (QED) is 0.0284. The number of rotatable bonds is 36. The summed E-state index contributed by atoms with van der Waals surface area (Å²) in [4.78, 5) is 24.8. The molecule has 2 unspecified atom stereocenters. The maximum Gasteiger partial charge on any atom is 0.306 e. The van der Waals surface area contributed by atoms with Crippen LogP contribution in [0, 0.1) is 0 Å². The summed E-state index contributed by atoms with van der Waals surface area (Å²) in [6, 6.07) is 0. The van der Waals surface area contributed by atoms with E-state index < -0.39 is 0 Å². The maximum absolute atomic E-state index is 12.4. The third kappa shape index (κ3) is 36.0. The van der Waals surface area contributed by atoms with Crippen LogP contribution >= 0.6 is 0 Å². The number of nitrogens with zero attached hydrogens (tertiary/aromatic N) is 1. The van der Waals surface area contributed by atoms with E-state index in [1.165, 1.54) is 141 Å². The SMILES string of the molecule is CCCCCCCCC=CCCCCCCCC(=O)OC(C)C[N+](C)(C)CC(C)OC(=O)CCCCCCCC=CCCCCCCCC. The number of ether oxygens (including phenoxy) is 2. The molecule has 0 aliphatic heterocycles. The summed E-state index contributed by atoms with van der Waals surface area (Å²) in [7, 11) is 4.23. The lowest BCUT2D eigenvalue weighted by Gasteiger charge is -2.34. The van der Waals surface area contributed by atoms with Gasteiger partial charge in [0, 0.05) is 12.8 Å². The van der Waals surface area contributed by atoms with Crippen molar-refractivity contribution in [2.75, 3.05) is 27.2 Å². The molecule has 0 radical (unpaired) electrons. The van der Waals surface area contributed by atoms with Gasteiger partial charge in [-0.3, -0.25) is 9.59 Å². The van der Waals surface area contributed by atoms with Gasteiger partial charge in [-0.05, 0) is 78.1 Å². The first-order chi connectivity index (χ1) is 23.7. The fraction of sp³-hybridized carbons (Fsp3) is 0.864. The first kappa shape index (κ1) is 47.4. The minimum atomic E-state index is -0.163. The van der Waals surface area contributed by atoms with Gasteiger partial charge < -0.3 is 14.0 Å². The molecule has 0 aliphatic rings. The monoisotopic (exact) mass is 691 g/mol. The Bertz CT molecular complexity index is 741. The minimum Gasteiger partial charge on any atom is -0.457 e. The third-order valence-corrected chi connectivity index (χ3v) is 9.45. The van der Waals surface area contributed by atoms with E-state index in [1.807, 2.05) is 13.8 Å². The molecule has 49 heavy (non-hydrogen) atoms. The van der Waals surface area contributed by atoms with Crippen LogP contribution in [0.25, 0.3) is 0 Å². The summed E-state index contributed by atoms with van der Waals surface area (Å²) in [5, 5.41) is 0. The van der Waals surface area contributed by atoms with Crippen molar-refractivity contribution in [3.8, 4) is 0 Å². The average molecular weight is 691 g/mol. The molecular formula is C44H84NO4+. The van der Waals surface area contributed by atoms with Crippen molar-refractivity contribution >= 4 is 11.9 Å². The predicted molar refractivity (Wildman–Crippen MR) is 212 cm³/mol. The first-order valence-corrected chi connectivity index (χ1v) is 21.2. The van der Waals surface area contributed by atoms with E-state index in [-0.39, 0.29) is 24.1 Å². The van der Waals surface area contributed by atoms with Gasteiger partial charge in [0.25, 0.3) is 0 Å². The molecule has 0 aliphatic carbocycles. The Morgan fingerprint density at radius 2 is 0.714 bits per heavy atom. The molecule has 0 spiro atoms. The molecule has 0 N–H and O–H groups in total. The molecule has 0 amide bonds. The summed E-state index contributed by atoms with van der Waals surface area (Å²) in [6.45, 7) is 9.89. The van der Waals surface area contributed by atoms with Crippen molar-refractivity contribution in [1.82, 2.24) is 0 Å². The molecule has 2 atom stereocenters. The lowest BCUT2D eigenvalue weighted by atomic mass is 10.1. The van der Waals surface area contributed by atoms with E-state index in [2.05, 4.69) is 52.2 Å². The number of carbonyl (C=O) groups excluding carboxylic acids is 2. The van der Waals surface area contributed by atoms with Crippen LogP contribution in [-0.2, 0) is 19.1 Å². The third-order valence-electron chi connectivity index (χ3n) is 9.45. The number of esters is 2. The van der Waals surface area contributed by atoms with Crippen LogP contribution in [0.2, 0.25) is 0 Å². The number of quaternary nitrogens is 1. The van der Waals surface area contributed by atoms with Crippen molar-refractivity contribution in [2.45, 2.75) is 220 Å². The van der Waals surface area contributed by atoms with E-state index in [0.29, 0.717) is 30.4 Å². The highest BCUT2D eigenvalue weighted by atomic mass is 16.5. The van der Waals surface area contributed by atoms with Gasteiger partial charge in [-0.1, -0.05) is 141 Å². The van der Waals surface area contributed by atoms with Crippen LogP contribution in [0.5, 0.6) is 0 Å². The van der Waals surface area contributed by atoms with Crippen LogP contribution in [-0.4, -0.2) is 55.8 Å². The molecule has 0 aromatic rings. The van der Waals surface area contributed by atoms with Gasteiger partial charge in [0.15, 0.2) is 0 Å². The molecule has 0 aromatic heterocycles. The molecule has 5 nitrogen and oxygen atoms in total. The highest BCUT2D eigenvalue weighted by Crippen LogP contribution is 2.14. The first-order valence-electron chi connectivity index (χ1n) is 21.2. The Morgan fingerprint density at radius 1 is 0.449 bits per heavy atom. The van der Waals surface area contributed by atoms with Gasteiger partial charge in [0.1, 0.15) is 25.3 Å². The molecular weight excluding hydrogens is 606 g/mol. The smallest absolute Gasteiger partial charge is 0.306 e. The zero-order valence-electron chi connectivity index (χ0n) is 33.8. The van der Waals surface area contributed by atoms with Crippen molar-refractivity contribution in [1.29, 1.82) is 0 Å². The number of allylic oxidation sites excluding steroid dienone is 4. The lowest BCUT2D eigenvalue weighted by molar-refractivity contribution is -0.895. The largest absolute Gasteiger partial charge is 0.457 e. The van der Waals surface area contributed by atoms with E-state index in [9.17, 15) is 9.59 Å². The highest BCUT2D eigenvalue weighted by molar-refractivity contribution is 5.69. The predicted octanol–water partition coefficient (Wildman–Crippen LogP) is 13.0. The molecule has 5 heteroatoms. The van der Waals surface area contributed by atoms with Crippen LogP contribution < -0.4 is 0 Å². The molecule has 0 fully saturated rings. The Kier molecular flexibility index (Phi) is 33.7. The number of hydrogen-bond donors (Lipinski definition) is 0. The summed E-state index contributed by atoms with van der Waals surface area (Å²) in [5.41, 5.74) is 0. The Labute approximate surface area is 306 Å². The van der Waals surface area contributed by atoms with Gasteiger partial charge in [-0.25, -0.2) is 0 Å². The number of unbranched alkanes of at least 4 members (excludes halogenated alkanes) is 22.